The quantitative estimate of drug-likeness (QED) is 0.239. The minimum absolute atomic E-state index is 0. The van der Waals surface area contributed by atoms with Gasteiger partial charge in [-0.2, -0.15) is 0 Å². The molecule has 9 heteroatoms. The molecule has 0 aromatic rings. The molecule has 0 heterocycles. The van der Waals surface area contributed by atoms with Crippen LogP contribution in [0.5, 0.6) is 0 Å². The van der Waals surface area contributed by atoms with Gasteiger partial charge in [0.15, 0.2) is 4.91 Å². The summed E-state index contributed by atoms with van der Waals surface area (Å²) in [6.07, 6.45) is 0. The maximum atomic E-state index is 8.11. The van der Waals surface area contributed by atoms with Crippen LogP contribution in [0, 0.1) is 4.91 Å². The van der Waals surface area contributed by atoms with Crippen molar-refractivity contribution in [1.29, 1.82) is 0 Å². The molecule has 0 spiro atoms. The molecular formula is H12N2O7. The zero-order valence-electron chi connectivity index (χ0n) is 4.30. The van der Waals surface area contributed by atoms with Crippen LogP contribution in [-0.2, 0) is 0 Å². The molecule has 0 fully saturated rings. The number of nitrogens with zero attached hydrogens (tertiary/aromatic N) is 2. The van der Waals surface area contributed by atoms with Crippen molar-refractivity contribution in [3.63, 3.8) is 0 Å². The van der Waals surface area contributed by atoms with Gasteiger partial charge >= 0.3 is 0 Å². The first kappa shape index (κ1) is 352. The van der Waals surface area contributed by atoms with Crippen LogP contribution in [0.1, 0.15) is 0 Å². The van der Waals surface area contributed by atoms with E-state index in [0.717, 1.165) is 0 Å². The fraction of sp³-hybridized carbons (Fsp3) is 0. The van der Waals surface area contributed by atoms with E-state index in [1.54, 1.807) is 0 Å². The smallest absolute Gasteiger partial charge is 0.151 e. The fourth-order valence-electron chi connectivity index (χ4n) is 0. The largest absolute Gasteiger partial charge is 0.412 e. The van der Waals surface area contributed by atoms with Crippen molar-refractivity contribution < 1.29 is 32.9 Å². The molecule has 0 saturated heterocycles. The Morgan fingerprint density at radius 2 is 0.778 bits per heavy atom. The summed E-state index contributed by atoms with van der Waals surface area (Å²) in [5.41, 5.74) is 6.64. The lowest BCUT2D eigenvalue weighted by Gasteiger charge is -0.999. The van der Waals surface area contributed by atoms with E-state index in [1.165, 1.54) is 4.97 Å². The molecule has 9 heavy (non-hydrogen) atoms. The molecule has 0 amide bonds. The van der Waals surface area contributed by atoms with Crippen LogP contribution in [0.25, 0.3) is 5.53 Å². The zero-order valence-corrected chi connectivity index (χ0v) is 4.30. The van der Waals surface area contributed by atoms with Crippen molar-refractivity contribution in [1.82, 2.24) is 4.97 Å². The highest BCUT2D eigenvalue weighted by atomic mass is 16.2. The van der Waals surface area contributed by atoms with Gasteiger partial charge in [0, 0.05) is 0 Å². The molecular weight excluding hydrogens is 140 g/mol. The van der Waals surface area contributed by atoms with Crippen LogP contribution < -0.4 is 4.97 Å². The first-order chi connectivity index (χ1) is 1.41. The molecule has 0 aliphatic carbocycles. The molecule has 0 aromatic heterocycles. The second-order valence-corrected chi connectivity index (χ2v) is 0.0816. The Hall–Kier alpha value is -0.930. The Morgan fingerprint density at radius 1 is 0.778 bits per heavy atom. The lowest BCUT2D eigenvalue weighted by Crippen LogP contribution is -1.21. The first-order valence-corrected chi connectivity index (χ1v) is 0.383. The maximum absolute atomic E-state index is 8.11. The van der Waals surface area contributed by atoms with Crippen LogP contribution in [0.3, 0.4) is 0 Å². The van der Waals surface area contributed by atoms with Gasteiger partial charge in [0.1, 0.15) is 4.97 Å². The van der Waals surface area contributed by atoms with Gasteiger partial charge in [-0.1, -0.05) is 0 Å². The summed E-state index contributed by atoms with van der Waals surface area (Å²) in [7, 11) is 0. The van der Waals surface area contributed by atoms with Crippen molar-refractivity contribution in [2.24, 2.45) is 0 Å². The summed E-state index contributed by atoms with van der Waals surface area (Å²) in [5.74, 6) is 0. The molecule has 0 bridgehead atoms. The van der Waals surface area contributed by atoms with Crippen LogP contribution in [0.15, 0.2) is 0 Å². The average molecular weight is 152 g/mol. The topological polar surface area (TPSA) is 242 Å². The summed E-state index contributed by atoms with van der Waals surface area (Å²) < 4.78 is 0. The third-order valence-corrected chi connectivity index (χ3v) is 0. The van der Waals surface area contributed by atoms with Gasteiger partial charge in [-0.05, 0) is 0 Å². The monoisotopic (exact) mass is 152 g/mol. The Morgan fingerprint density at radius 3 is 0.778 bits per heavy atom. The number of hydrogen-bond acceptors (Lipinski definition) is 1. The molecule has 0 aromatic carbocycles. The van der Waals surface area contributed by atoms with Crippen molar-refractivity contribution in [2.75, 3.05) is 0 Å². The normalized spacial score (nSPS) is 0.889. The molecule has 0 saturated carbocycles. The highest BCUT2D eigenvalue weighted by Crippen LogP contribution is 0.905. The third-order valence-electron chi connectivity index (χ3n) is 0. The van der Waals surface area contributed by atoms with E-state index in [0.29, 0.717) is 0 Å². The second-order valence-electron chi connectivity index (χ2n) is 0.0816. The predicted octanol–water partition coefficient (Wildman–Crippen LogP) is -5.11. The fourth-order valence-corrected chi connectivity index (χ4v) is 0. The number of nitroso groups, excluding NO2 is 1. The summed E-state index contributed by atoms with van der Waals surface area (Å²) in [6, 6.07) is 0. The number of hydrogen-bond donors (Lipinski definition) is 0. The highest BCUT2D eigenvalue weighted by molar-refractivity contribution is 3.92. The van der Waals surface area contributed by atoms with Gasteiger partial charge in [-0.25, -0.2) is 0 Å². The molecule has 0 unspecified atom stereocenters. The van der Waals surface area contributed by atoms with Gasteiger partial charge in [-0.3, -0.25) is 5.53 Å². The molecule has 9 nitrogen and oxygen atoms in total. The Balaban J connectivity index is -0.00000000133. The molecule has 0 aliphatic rings. The van der Waals surface area contributed by atoms with E-state index in [9.17, 15) is 0 Å². The van der Waals surface area contributed by atoms with Crippen molar-refractivity contribution in [2.45, 2.75) is 0 Å². The second kappa shape index (κ2) is 53200. The van der Waals surface area contributed by atoms with E-state index < -0.39 is 0 Å². The van der Waals surface area contributed by atoms with Crippen LogP contribution in [-0.4, -0.2) is 32.9 Å². The summed E-state index contributed by atoms with van der Waals surface area (Å²) >= 11 is 0. The Kier molecular flexibility index (Phi) is 2080000. The molecule has 0 aliphatic heterocycles. The summed E-state index contributed by atoms with van der Waals surface area (Å²) in [6.45, 7) is 0. The average Bonchev–Trinajstić information content (AvgIpc) is 0.918. The summed E-state index contributed by atoms with van der Waals surface area (Å²) in [4.78, 5) is 9.36. The predicted molar refractivity (Wildman–Crippen MR) is 30.5 cm³/mol. The Labute approximate surface area is 49.6 Å². The maximum Gasteiger partial charge on any atom is 0.151 e. The highest BCUT2D eigenvalue weighted by Gasteiger charge is 1.06. The zero-order chi connectivity index (χ0) is 2.71. The van der Waals surface area contributed by atoms with Crippen molar-refractivity contribution >= 4 is 0 Å². The number of rotatable bonds is 0. The van der Waals surface area contributed by atoms with Crippen molar-refractivity contribution in [3.8, 4) is 0 Å². The van der Waals surface area contributed by atoms with Gasteiger partial charge < -0.3 is 32.9 Å². The SMILES string of the molecule is O.O.O.O.O.O.[N-]=[N+]=O. The molecule has 0 radical (unpaired) electrons. The lowest BCUT2D eigenvalue weighted by molar-refractivity contribution is 0.823. The Bertz CT molecular complexity index is 27.9. The van der Waals surface area contributed by atoms with Gasteiger partial charge in [0.25, 0.3) is 0 Å². The van der Waals surface area contributed by atoms with E-state index in [1.807, 2.05) is 0 Å². The first-order valence-electron chi connectivity index (χ1n) is 0.383. The summed E-state index contributed by atoms with van der Waals surface area (Å²) in [5, 5.41) is 0. The van der Waals surface area contributed by atoms with E-state index in [-0.39, 0.29) is 32.9 Å². The molecule has 12 N–H and O–H groups in total. The minimum Gasteiger partial charge on any atom is -0.412 e. The van der Waals surface area contributed by atoms with E-state index in [4.69, 9.17) is 10.4 Å². The molecule has 0 rings (SSSR count). The lowest BCUT2D eigenvalue weighted by atomic mass is 13.2. The van der Waals surface area contributed by atoms with Gasteiger partial charge in [-0.15, -0.1) is 0 Å². The third kappa shape index (κ3) is 210. The van der Waals surface area contributed by atoms with Crippen LogP contribution in [0.2, 0.25) is 0 Å². The van der Waals surface area contributed by atoms with E-state index in [2.05, 4.69) is 0 Å². The minimum atomic E-state index is 0. The molecule has 0 atom stereocenters. The van der Waals surface area contributed by atoms with Gasteiger partial charge in [0.05, 0.1) is 0 Å². The van der Waals surface area contributed by atoms with Gasteiger partial charge in [0.2, 0.25) is 0 Å². The van der Waals surface area contributed by atoms with Crippen molar-refractivity contribution in [3.05, 3.63) is 10.4 Å². The van der Waals surface area contributed by atoms with E-state index >= 15 is 0 Å². The molecule has 64 valence electrons. The van der Waals surface area contributed by atoms with Crippen LogP contribution >= 0.6 is 0 Å². The standard InChI is InChI=1S/N2O.6H2O/c1-2-3;;;;;;/h;6*1H2. The van der Waals surface area contributed by atoms with Crippen LogP contribution in [0.4, 0.5) is 0 Å².